The lowest BCUT2D eigenvalue weighted by Crippen LogP contribution is -2.44. The minimum atomic E-state index is -0.472. The van der Waals surface area contributed by atoms with Gasteiger partial charge in [0.05, 0.1) is 6.04 Å². The molecule has 0 aromatic rings. The Morgan fingerprint density at radius 3 is 2.74 bits per heavy atom. The molecule has 1 amide bonds. The van der Waals surface area contributed by atoms with Gasteiger partial charge in [-0.2, -0.15) is 0 Å². The van der Waals surface area contributed by atoms with E-state index in [1.165, 1.54) is 0 Å². The first-order valence-corrected chi connectivity index (χ1v) is 8.38. The summed E-state index contributed by atoms with van der Waals surface area (Å²) in [5.41, 5.74) is -0.472. The molecule has 1 heterocycles. The molecule has 0 radical (unpaired) electrons. The van der Waals surface area contributed by atoms with E-state index in [0.717, 1.165) is 51.6 Å². The fourth-order valence-corrected chi connectivity index (χ4v) is 2.40. The van der Waals surface area contributed by atoms with Gasteiger partial charge in [0.15, 0.2) is 5.96 Å². The van der Waals surface area contributed by atoms with E-state index in [4.69, 9.17) is 9.47 Å². The number of alkyl carbamates (subject to hydrolysis) is 1. The molecule has 1 rings (SSSR count). The predicted octanol–water partition coefficient (Wildman–Crippen LogP) is 1.59. The van der Waals surface area contributed by atoms with Crippen LogP contribution in [0.4, 0.5) is 4.79 Å². The first-order valence-electron chi connectivity index (χ1n) is 8.38. The number of carbonyl (C=O) groups excluding carboxylic acids is 1. The van der Waals surface area contributed by atoms with Crippen LogP contribution in [0, 0.1) is 0 Å². The van der Waals surface area contributed by atoms with Crippen molar-refractivity contribution < 1.29 is 14.3 Å². The Morgan fingerprint density at radius 2 is 2.13 bits per heavy atom. The zero-order chi connectivity index (χ0) is 17.3. The molecule has 0 aromatic carbocycles. The Hall–Kier alpha value is -1.50. The lowest BCUT2D eigenvalue weighted by molar-refractivity contribution is 0.0507. The summed E-state index contributed by atoms with van der Waals surface area (Å²) in [6.07, 6.45) is 1.48. The Morgan fingerprint density at radius 1 is 1.39 bits per heavy atom. The van der Waals surface area contributed by atoms with Gasteiger partial charge in [0.1, 0.15) is 5.60 Å². The minimum absolute atomic E-state index is 0.0897. The van der Waals surface area contributed by atoms with Gasteiger partial charge in [0.2, 0.25) is 0 Å². The Bertz CT molecular complexity index is 393. The third-order valence-electron chi connectivity index (χ3n) is 3.37. The van der Waals surface area contributed by atoms with Crippen molar-refractivity contribution in [1.82, 2.24) is 15.5 Å². The van der Waals surface area contributed by atoms with Crippen LogP contribution < -0.4 is 10.6 Å². The molecule has 7 heteroatoms. The number of amides is 1. The molecule has 1 fully saturated rings. The normalized spacial score (nSPS) is 18.9. The molecule has 1 aliphatic heterocycles. The van der Waals surface area contributed by atoms with Gasteiger partial charge >= 0.3 is 6.09 Å². The molecule has 134 valence electrons. The molecule has 0 aliphatic carbocycles. The largest absolute Gasteiger partial charge is 0.444 e. The quantitative estimate of drug-likeness (QED) is 0.440. The van der Waals surface area contributed by atoms with Gasteiger partial charge in [-0.05, 0) is 40.5 Å². The van der Waals surface area contributed by atoms with E-state index in [9.17, 15) is 4.79 Å². The molecule has 23 heavy (non-hydrogen) atoms. The Labute approximate surface area is 139 Å². The van der Waals surface area contributed by atoms with E-state index in [1.54, 1.807) is 7.05 Å². The number of guanidine groups is 1. The summed E-state index contributed by atoms with van der Waals surface area (Å²) in [6.45, 7) is 11.5. The number of carbonyl (C=O) groups is 1. The van der Waals surface area contributed by atoms with E-state index in [1.807, 2.05) is 27.7 Å². The Balaban J connectivity index is 2.32. The number of nitrogens with one attached hydrogen (secondary N) is 2. The van der Waals surface area contributed by atoms with Crippen molar-refractivity contribution in [3.63, 3.8) is 0 Å². The average Bonchev–Trinajstić information content (AvgIpc) is 2.89. The molecule has 1 atom stereocenters. The zero-order valence-corrected chi connectivity index (χ0v) is 15.1. The standard InChI is InChI=1S/C16H32N4O3/c1-6-22-11-7-9-18-14(17-5)20-10-8-13(12-20)19-15(21)23-16(2,3)4/h13H,6-12H2,1-5H3,(H,17,18)(H,19,21). The van der Waals surface area contributed by atoms with Gasteiger partial charge in [-0.1, -0.05) is 0 Å². The molecule has 1 saturated heterocycles. The second-order valence-electron chi connectivity index (χ2n) is 6.60. The summed E-state index contributed by atoms with van der Waals surface area (Å²) in [5, 5.41) is 6.26. The number of rotatable bonds is 6. The lowest BCUT2D eigenvalue weighted by atomic mass is 10.2. The van der Waals surface area contributed by atoms with E-state index in [-0.39, 0.29) is 12.1 Å². The predicted molar refractivity (Wildman–Crippen MR) is 91.8 cm³/mol. The smallest absolute Gasteiger partial charge is 0.407 e. The monoisotopic (exact) mass is 328 g/mol. The van der Waals surface area contributed by atoms with Crippen molar-refractivity contribution in [3.8, 4) is 0 Å². The summed E-state index contributed by atoms with van der Waals surface area (Å²) >= 11 is 0. The number of aliphatic imine (C=N–C) groups is 1. The first-order chi connectivity index (χ1) is 10.9. The second kappa shape index (κ2) is 9.60. The van der Waals surface area contributed by atoms with Crippen molar-refractivity contribution in [2.24, 2.45) is 4.99 Å². The van der Waals surface area contributed by atoms with Crippen molar-refractivity contribution in [1.29, 1.82) is 0 Å². The van der Waals surface area contributed by atoms with Crippen LogP contribution in [0.2, 0.25) is 0 Å². The maximum atomic E-state index is 11.8. The highest BCUT2D eigenvalue weighted by atomic mass is 16.6. The minimum Gasteiger partial charge on any atom is -0.444 e. The highest BCUT2D eigenvalue weighted by molar-refractivity contribution is 5.80. The van der Waals surface area contributed by atoms with Gasteiger partial charge in [-0.15, -0.1) is 0 Å². The number of ether oxygens (including phenoxy) is 2. The fraction of sp³-hybridized carbons (Fsp3) is 0.875. The van der Waals surface area contributed by atoms with Crippen LogP contribution in [0.3, 0.4) is 0 Å². The maximum Gasteiger partial charge on any atom is 0.407 e. The lowest BCUT2D eigenvalue weighted by Gasteiger charge is -2.23. The van der Waals surface area contributed by atoms with Crippen LogP contribution in [-0.2, 0) is 9.47 Å². The van der Waals surface area contributed by atoms with Crippen LogP contribution in [0.1, 0.15) is 40.5 Å². The first kappa shape index (κ1) is 19.5. The SMILES string of the molecule is CCOCCCNC(=NC)N1CCC(NC(=O)OC(C)(C)C)C1. The van der Waals surface area contributed by atoms with Crippen LogP contribution in [0.15, 0.2) is 4.99 Å². The highest BCUT2D eigenvalue weighted by Crippen LogP contribution is 2.11. The van der Waals surface area contributed by atoms with E-state index < -0.39 is 5.60 Å². The number of hydrogen-bond acceptors (Lipinski definition) is 4. The molecule has 7 nitrogen and oxygen atoms in total. The van der Waals surface area contributed by atoms with Gasteiger partial charge in [0, 0.05) is 39.9 Å². The summed E-state index contributed by atoms with van der Waals surface area (Å²) in [6, 6.07) is 0.0897. The molecule has 0 saturated carbocycles. The average molecular weight is 328 g/mol. The topological polar surface area (TPSA) is 75.2 Å². The fourth-order valence-electron chi connectivity index (χ4n) is 2.40. The summed E-state index contributed by atoms with van der Waals surface area (Å²) in [5.74, 6) is 0.870. The molecular weight excluding hydrogens is 296 g/mol. The van der Waals surface area contributed by atoms with E-state index >= 15 is 0 Å². The van der Waals surface area contributed by atoms with E-state index in [0.29, 0.717) is 0 Å². The molecule has 0 bridgehead atoms. The van der Waals surface area contributed by atoms with Gasteiger partial charge in [-0.3, -0.25) is 4.99 Å². The Kier molecular flexibility index (Phi) is 8.16. The van der Waals surface area contributed by atoms with Crippen molar-refractivity contribution in [2.75, 3.05) is 39.9 Å². The highest BCUT2D eigenvalue weighted by Gasteiger charge is 2.27. The number of likely N-dealkylation sites (tertiary alicyclic amines) is 1. The van der Waals surface area contributed by atoms with Crippen LogP contribution in [-0.4, -0.2) is 68.5 Å². The van der Waals surface area contributed by atoms with Crippen LogP contribution in [0.25, 0.3) is 0 Å². The molecule has 1 unspecified atom stereocenters. The van der Waals surface area contributed by atoms with Crippen molar-refractivity contribution in [3.05, 3.63) is 0 Å². The molecule has 0 spiro atoms. The third-order valence-corrected chi connectivity index (χ3v) is 3.37. The molecule has 0 aromatic heterocycles. The van der Waals surface area contributed by atoms with Crippen molar-refractivity contribution >= 4 is 12.1 Å². The third kappa shape index (κ3) is 8.06. The number of hydrogen-bond donors (Lipinski definition) is 2. The second-order valence-corrected chi connectivity index (χ2v) is 6.60. The molecule has 1 aliphatic rings. The summed E-state index contributed by atoms with van der Waals surface area (Å²) in [7, 11) is 1.78. The van der Waals surface area contributed by atoms with Gasteiger partial charge in [-0.25, -0.2) is 4.79 Å². The zero-order valence-electron chi connectivity index (χ0n) is 15.1. The van der Waals surface area contributed by atoms with Crippen molar-refractivity contribution in [2.45, 2.75) is 52.2 Å². The molecular formula is C16H32N4O3. The van der Waals surface area contributed by atoms with Gasteiger partial charge < -0.3 is 25.0 Å². The number of nitrogens with zero attached hydrogens (tertiary/aromatic N) is 2. The van der Waals surface area contributed by atoms with Crippen LogP contribution >= 0.6 is 0 Å². The van der Waals surface area contributed by atoms with Crippen LogP contribution in [0.5, 0.6) is 0 Å². The molecule has 2 N–H and O–H groups in total. The van der Waals surface area contributed by atoms with Gasteiger partial charge in [0.25, 0.3) is 0 Å². The summed E-state index contributed by atoms with van der Waals surface area (Å²) in [4.78, 5) is 18.3. The summed E-state index contributed by atoms with van der Waals surface area (Å²) < 4.78 is 10.6. The van der Waals surface area contributed by atoms with E-state index in [2.05, 4.69) is 20.5 Å². The maximum absolute atomic E-state index is 11.8.